The van der Waals surface area contributed by atoms with Crippen molar-refractivity contribution in [1.82, 2.24) is 4.98 Å². The van der Waals surface area contributed by atoms with Crippen LogP contribution in [-0.2, 0) is 30.3 Å². The highest BCUT2D eigenvalue weighted by Crippen LogP contribution is 2.40. The molecular formula is C25H29F2N3O5. The van der Waals surface area contributed by atoms with Gasteiger partial charge in [-0.05, 0) is 44.9 Å². The molecule has 0 saturated carbocycles. The molecule has 2 fully saturated rings. The molecule has 3 aliphatic rings. The van der Waals surface area contributed by atoms with Crippen molar-refractivity contribution in [2.45, 2.75) is 57.6 Å². The second-order valence-electron chi connectivity index (χ2n) is 9.24. The van der Waals surface area contributed by atoms with E-state index in [-0.39, 0.29) is 31.3 Å². The molecule has 10 heteroatoms. The van der Waals surface area contributed by atoms with Crippen LogP contribution in [0, 0.1) is 11.6 Å². The first-order valence-corrected chi connectivity index (χ1v) is 11.9. The average Bonchev–Trinajstić information content (AvgIpc) is 2.99. The van der Waals surface area contributed by atoms with E-state index in [0.717, 1.165) is 6.20 Å². The zero-order valence-corrected chi connectivity index (χ0v) is 19.8. The molecular weight excluding hydrogens is 460 g/mol. The van der Waals surface area contributed by atoms with E-state index in [9.17, 15) is 9.18 Å². The van der Waals surface area contributed by atoms with Gasteiger partial charge in [-0.1, -0.05) is 0 Å². The predicted octanol–water partition coefficient (Wildman–Crippen LogP) is 4.01. The largest absolute Gasteiger partial charge is 0.376 e. The highest BCUT2D eigenvalue weighted by Gasteiger charge is 2.35. The van der Waals surface area contributed by atoms with Crippen LogP contribution in [0.3, 0.4) is 0 Å². The molecule has 0 radical (unpaired) electrons. The van der Waals surface area contributed by atoms with Gasteiger partial charge in [-0.3, -0.25) is 4.79 Å². The number of ether oxygens (including phenoxy) is 4. The first-order valence-electron chi connectivity index (χ1n) is 11.9. The van der Waals surface area contributed by atoms with Crippen LogP contribution in [0.15, 0.2) is 24.4 Å². The fourth-order valence-corrected chi connectivity index (χ4v) is 4.70. The third kappa shape index (κ3) is 5.16. The Morgan fingerprint density at radius 1 is 1.17 bits per heavy atom. The van der Waals surface area contributed by atoms with Crippen LogP contribution in [0.25, 0.3) is 0 Å². The van der Waals surface area contributed by atoms with E-state index in [0.29, 0.717) is 61.0 Å². The maximum atomic E-state index is 15.2. The molecule has 1 N–H and O–H groups in total. The Kier molecular flexibility index (Phi) is 6.97. The number of pyridine rings is 1. The van der Waals surface area contributed by atoms with Gasteiger partial charge in [-0.25, -0.2) is 13.8 Å². The molecule has 8 nitrogen and oxygen atoms in total. The standard InChI is InChI=1S/C25H29F2N3O5/c1-14(2)35-17-3-4-22(34-12-17)25(31)30-11-15-7-16(26)10-28-24(15)29-20-9-19(27)18(8-21(20)30)23-13-32-5-6-33-23/h7-10,14,17,22-23H,3-6,11-13H2,1-2H3,(H,28,29)/t17-,22+,23-/m0/s1. The van der Waals surface area contributed by atoms with Crippen LogP contribution in [0.5, 0.6) is 0 Å². The topological polar surface area (TPSA) is 82.2 Å². The van der Waals surface area contributed by atoms with Crippen molar-refractivity contribution >= 4 is 23.1 Å². The van der Waals surface area contributed by atoms with Crippen molar-refractivity contribution in [3.63, 3.8) is 0 Å². The molecule has 0 aliphatic carbocycles. The highest BCUT2D eigenvalue weighted by molar-refractivity contribution is 6.01. The SMILES string of the molecule is CC(C)O[C@H]1CC[C@H](C(=O)N2Cc3cc(F)cnc3Nc3cc(F)c([C@@H]4COCCO4)cc32)OC1. The Labute approximate surface area is 202 Å². The Morgan fingerprint density at radius 3 is 2.74 bits per heavy atom. The lowest BCUT2D eigenvalue weighted by Crippen LogP contribution is -2.44. The van der Waals surface area contributed by atoms with Crippen LogP contribution in [0.4, 0.5) is 26.0 Å². The monoisotopic (exact) mass is 489 g/mol. The lowest BCUT2D eigenvalue weighted by atomic mass is 10.0. The zero-order valence-electron chi connectivity index (χ0n) is 19.8. The summed E-state index contributed by atoms with van der Waals surface area (Å²) < 4.78 is 52.1. The van der Waals surface area contributed by atoms with E-state index in [1.165, 1.54) is 17.0 Å². The lowest BCUT2D eigenvalue weighted by Gasteiger charge is -2.33. The number of fused-ring (bicyclic) bond motifs is 2. The van der Waals surface area contributed by atoms with E-state index >= 15 is 4.39 Å². The van der Waals surface area contributed by atoms with Crippen molar-refractivity contribution in [3.05, 3.63) is 47.2 Å². The van der Waals surface area contributed by atoms with Gasteiger partial charge in [0, 0.05) is 11.1 Å². The molecule has 4 heterocycles. The van der Waals surface area contributed by atoms with Crippen LogP contribution < -0.4 is 10.2 Å². The number of amides is 1. The van der Waals surface area contributed by atoms with Gasteiger partial charge in [0.05, 0.1) is 62.8 Å². The second-order valence-corrected chi connectivity index (χ2v) is 9.24. The van der Waals surface area contributed by atoms with Crippen LogP contribution in [0.1, 0.15) is 43.9 Å². The van der Waals surface area contributed by atoms with Gasteiger partial charge >= 0.3 is 0 Å². The van der Waals surface area contributed by atoms with Gasteiger partial charge in [-0.2, -0.15) is 0 Å². The lowest BCUT2D eigenvalue weighted by molar-refractivity contribution is -0.143. The number of carbonyl (C=O) groups excluding carboxylic acids is 1. The van der Waals surface area contributed by atoms with Crippen molar-refractivity contribution in [2.75, 3.05) is 36.6 Å². The highest BCUT2D eigenvalue weighted by atomic mass is 19.1. The summed E-state index contributed by atoms with van der Waals surface area (Å²) in [5.41, 5.74) is 1.57. The molecule has 35 heavy (non-hydrogen) atoms. The molecule has 188 valence electrons. The fraction of sp³-hybridized carbons (Fsp3) is 0.520. The van der Waals surface area contributed by atoms with Crippen molar-refractivity contribution in [3.8, 4) is 0 Å². The van der Waals surface area contributed by atoms with Gasteiger partial charge in [0.2, 0.25) is 0 Å². The minimum absolute atomic E-state index is 0.0534. The molecule has 1 amide bonds. The van der Waals surface area contributed by atoms with E-state index < -0.39 is 23.8 Å². The number of halogens is 2. The average molecular weight is 490 g/mol. The van der Waals surface area contributed by atoms with Crippen LogP contribution >= 0.6 is 0 Å². The van der Waals surface area contributed by atoms with E-state index in [1.807, 2.05) is 13.8 Å². The number of rotatable bonds is 4. The fourth-order valence-electron chi connectivity index (χ4n) is 4.70. The second kappa shape index (κ2) is 10.1. The van der Waals surface area contributed by atoms with E-state index in [2.05, 4.69) is 10.3 Å². The first-order chi connectivity index (χ1) is 16.9. The number of hydrogen-bond acceptors (Lipinski definition) is 7. The third-order valence-electron chi connectivity index (χ3n) is 6.32. The molecule has 0 spiro atoms. The number of anilines is 3. The Bertz CT molecular complexity index is 1090. The van der Waals surface area contributed by atoms with Gasteiger partial charge < -0.3 is 29.2 Å². The summed E-state index contributed by atoms with van der Waals surface area (Å²) in [5.74, 6) is -0.938. The molecule has 0 unspecified atom stereocenters. The van der Waals surface area contributed by atoms with Crippen LogP contribution in [0.2, 0.25) is 0 Å². The molecule has 3 aliphatic heterocycles. The Balaban J connectivity index is 1.48. The molecule has 0 bridgehead atoms. The molecule has 2 saturated heterocycles. The van der Waals surface area contributed by atoms with Crippen LogP contribution in [-0.4, -0.2) is 55.6 Å². The third-order valence-corrected chi connectivity index (χ3v) is 6.32. The van der Waals surface area contributed by atoms with Gasteiger partial charge in [0.25, 0.3) is 5.91 Å². The van der Waals surface area contributed by atoms with E-state index in [1.54, 1.807) is 6.07 Å². The number of nitrogens with one attached hydrogen (secondary N) is 1. The molecule has 3 atom stereocenters. The molecule has 5 rings (SSSR count). The summed E-state index contributed by atoms with van der Waals surface area (Å²) >= 11 is 0. The van der Waals surface area contributed by atoms with Gasteiger partial charge in [0.1, 0.15) is 29.7 Å². The minimum atomic E-state index is -0.694. The minimum Gasteiger partial charge on any atom is -0.376 e. The Morgan fingerprint density at radius 2 is 2.03 bits per heavy atom. The summed E-state index contributed by atoms with van der Waals surface area (Å²) in [7, 11) is 0. The smallest absolute Gasteiger partial charge is 0.256 e. The van der Waals surface area contributed by atoms with E-state index in [4.69, 9.17) is 18.9 Å². The van der Waals surface area contributed by atoms with Gasteiger partial charge in [-0.15, -0.1) is 0 Å². The number of benzene rings is 1. The maximum Gasteiger partial charge on any atom is 0.256 e. The predicted molar refractivity (Wildman–Crippen MR) is 124 cm³/mol. The van der Waals surface area contributed by atoms with Gasteiger partial charge in [0.15, 0.2) is 0 Å². The normalized spacial score (nSPS) is 24.4. The number of hydrogen-bond donors (Lipinski definition) is 1. The molecule has 2 aromatic rings. The summed E-state index contributed by atoms with van der Waals surface area (Å²) in [6.07, 6.45) is 0.963. The quantitative estimate of drug-likeness (QED) is 0.695. The zero-order chi connectivity index (χ0) is 24.5. The summed E-state index contributed by atoms with van der Waals surface area (Å²) in [4.78, 5) is 19.4. The number of carbonyl (C=O) groups is 1. The molecule has 1 aromatic heterocycles. The van der Waals surface area contributed by atoms with Crippen molar-refractivity contribution in [1.29, 1.82) is 0 Å². The summed E-state index contributed by atoms with van der Waals surface area (Å²) in [6.45, 7) is 5.29. The first kappa shape index (κ1) is 24.1. The Hall–Kier alpha value is -2.66. The summed E-state index contributed by atoms with van der Waals surface area (Å²) in [5, 5.41) is 3.07. The maximum absolute atomic E-state index is 15.2. The number of aromatic nitrogens is 1. The van der Waals surface area contributed by atoms with Crippen molar-refractivity contribution < 1.29 is 32.5 Å². The molecule has 1 aromatic carbocycles. The summed E-state index contributed by atoms with van der Waals surface area (Å²) in [6, 6.07) is 4.24. The number of nitrogens with zero attached hydrogens (tertiary/aromatic N) is 2. The van der Waals surface area contributed by atoms with Crippen molar-refractivity contribution in [2.24, 2.45) is 0 Å².